The molecule has 2 aromatic rings. The first-order chi connectivity index (χ1) is 14.8. The number of carbonyl (C=O) groups excluding carboxylic acids is 1. The molecule has 2 rings (SSSR count). The lowest BCUT2D eigenvalue weighted by Crippen LogP contribution is -2.38. The molecule has 0 bridgehead atoms. The largest absolute Gasteiger partial charge is 0.357 e. The third-order valence-electron chi connectivity index (χ3n) is 4.55. The highest BCUT2D eigenvalue weighted by Crippen LogP contribution is 2.10. The zero-order valence-corrected chi connectivity index (χ0v) is 22.0. The van der Waals surface area contributed by atoms with Crippen molar-refractivity contribution >= 4 is 45.7 Å². The van der Waals surface area contributed by atoms with Crippen LogP contribution in [0.1, 0.15) is 41.8 Å². The molecule has 3 N–H and O–H groups in total. The van der Waals surface area contributed by atoms with Crippen LogP contribution in [0, 0.1) is 0 Å². The van der Waals surface area contributed by atoms with E-state index in [9.17, 15) is 13.2 Å². The molecule has 32 heavy (non-hydrogen) atoms. The molecule has 7 nitrogen and oxygen atoms in total. The van der Waals surface area contributed by atoms with Crippen molar-refractivity contribution in [3.05, 3.63) is 65.2 Å². The zero-order chi connectivity index (χ0) is 22.7. The molecule has 0 radical (unpaired) electrons. The van der Waals surface area contributed by atoms with Gasteiger partial charge in [0.25, 0.3) is 5.91 Å². The van der Waals surface area contributed by atoms with E-state index in [0.29, 0.717) is 36.1 Å². The van der Waals surface area contributed by atoms with Crippen LogP contribution in [0.5, 0.6) is 0 Å². The molecule has 0 aliphatic rings. The number of amides is 1. The van der Waals surface area contributed by atoms with Crippen LogP contribution in [0.25, 0.3) is 0 Å². The highest BCUT2D eigenvalue weighted by atomic mass is 127. The van der Waals surface area contributed by atoms with Gasteiger partial charge in [-0.2, -0.15) is 0 Å². The van der Waals surface area contributed by atoms with Crippen molar-refractivity contribution in [3.8, 4) is 0 Å². The van der Waals surface area contributed by atoms with E-state index in [0.717, 1.165) is 30.5 Å². The predicted molar refractivity (Wildman–Crippen MR) is 141 cm³/mol. The Morgan fingerprint density at radius 1 is 0.938 bits per heavy atom. The normalized spacial score (nSPS) is 11.4. The molecule has 0 atom stereocenters. The Hall–Kier alpha value is -2.14. The van der Waals surface area contributed by atoms with Crippen molar-refractivity contribution in [2.24, 2.45) is 4.99 Å². The van der Waals surface area contributed by atoms with Gasteiger partial charge in [0, 0.05) is 31.5 Å². The summed E-state index contributed by atoms with van der Waals surface area (Å²) in [5, 5.41) is 9.39. The summed E-state index contributed by atoms with van der Waals surface area (Å²) in [6.45, 7) is 6.52. The smallest absolute Gasteiger partial charge is 0.251 e. The number of hydrogen-bond donors (Lipinski definition) is 3. The molecule has 9 heteroatoms. The van der Waals surface area contributed by atoms with Crippen molar-refractivity contribution in [1.82, 2.24) is 16.0 Å². The molecular weight excluding hydrogens is 539 g/mol. The fourth-order valence-electron chi connectivity index (χ4n) is 2.89. The number of nitrogens with one attached hydrogen (secondary N) is 3. The topological polar surface area (TPSA) is 99.7 Å². The molecule has 0 fully saturated rings. The maximum Gasteiger partial charge on any atom is 0.251 e. The van der Waals surface area contributed by atoms with Gasteiger partial charge in [-0.1, -0.05) is 31.2 Å². The summed E-state index contributed by atoms with van der Waals surface area (Å²) in [4.78, 5) is 17.1. The molecule has 0 aliphatic carbocycles. The van der Waals surface area contributed by atoms with Gasteiger partial charge in [0.05, 0.1) is 11.4 Å². The summed E-state index contributed by atoms with van der Waals surface area (Å²) in [6, 6.07) is 14.4. The van der Waals surface area contributed by atoms with Gasteiger partial charge in [0.15, 0.2) is 15.8 Å². The van der Waals surface area contributed by atoms with Crippen molar-refractivity contribution in [2.45, 2.75) is 38.1 Å². The number of aliphatic imine (C=N–C) groups is 1. The highest BCUT2D eigenvalue weighted by molar-refractivity contribution is 14.0. The third-order valence-corrected chi connectivity index (χ3v) is 5.67. The minimum atomic E-state index is -3.18. The van der Waals surface area contributed by atoms with Crippen LogP contribution < -0.4 is 16.0 Å². The third kappa shape index (κ3) is 9.56. The lowest BCUT2D eigenvalue weighted by atomic mass is 10.1. The van der Waals surface area contributed by atoms with E-state index in [1.807, 2.05) is 44.2 Å². The van der Waals surface area contributed by atoms with Crippen molar-refractivity contribution in [3.63, 3.8) is 0 Å². The van der Waals surface area contributed by atoms with Gasteiger partial charge in [0.2, 0.25) is 0 Å². The first kappa shape index (κ1) is 27.9. The summed E-state index contributed by atoms with van der Waals surface area (Å²) >= 11 is 0. The van der Waals surface area contributed by atoms with Crippen molar-refractivity contribution in [2.75, 3.05) is 25.9 Å². The maximum atomic E-state index is 12.1. The second kappa shape index (κ2) is 14.1. The Bertz CT molecular complexity index is 993. The summed E-state index contributed by atoms with van der Waals surface area (Å²) in [7, 11) is -3.18. The molecule has 0 saturated heterocycles. The number of guanidine groups is 1. The summed E-state index contributed by atoms with van der Waals surface area (Å²) in [5.41, 5.74) is 2.64. The lowest BCUT2D eigenvalue weighted by Gasteiger charge is -2.12. The molecular formula is C23H33IN4O3S. The Balaban J connectivity index is 0.00000512. The monoisotopic (exact) mass is 572 g/mol. The molecule has 1 amide bonds. The number of benzene rings is 2. The summed E-state index contributed by atoms with van der Waals surface area (Å²) in [5.74, 6) is 0.621. The van der Waals surface area contributed by atoms with Gasteiger partial charge in [-0.15, -0.1) is 24.0 Å². The molecule has 0 unspecified atom stereocenters. The van der Waals surface area contributed by atoms with Gasteiger partial charge in [-0.25, -0.2) is 13.4 Å². The van der Waals surface area contributed by atoms with Crippen molar-refractivity contribution in [1.29, 1.82) is 0 Å². The highest BCUT2D eigenvalue weighted by Gasteiger charge is 2.07. The van der Waals surface area contributed by atoms with Crippen LogP contribution in [-0.4, -0.2) is 46.2 Å². The minimum Gasteiger partial charge on any atom is -0.357 e. The Kier molecular flexibility index (Phi) is 12.3. The van der Waals surface area contributed by atoms with Gasteiger partial charge in [0.1, 0.15) is 0 Å². The number of nitrogens with zero attached hydrogens (tertiary/aromatic N) is 1. The van der Waals surface area contributed by atoms with Crippen molar-refractivity contribution < 1.29 is 13.2 Å². The minimum absolute atomic E-state index is 0. The Morgan fingerprint density at radius 2 is 1.66 bits per heavy atom. The fourth-order valence-corrected chi connectivity index (χ4v) is 3.52. The first-order valence-electron chi connectivity index (χ1n) is 10.5. The predicted octanol–water partition coefficient (Wildman–Crippen LogP) is 3.15. The van der Waals surface area contributed by atoms with Crippen LogP contribution in [-0.2, 0) is 22.8 Å². The Morgan fingerprint density at radius 3 is 2.28 bits per heavy atom. The van der Waals surface area contributed by atoms with Gasteiger partial charge >= 0.3 is 0 Å². The molecule has 2 aromatic carbocycles. The first-order valence-corrected chi connectivity index (χ1v) is 12.4. The van der Waals surface area contributed by atoms with E-state index >= 15 is 0 Å². The molecule has 176 valence electrons. The molecule has 0 spiro atoms. The summed E-state index contributed by atoms with van der Waals surface area (Å²) in [6.07, 6.45) is 2.84. The van der Waals surface area contributed by atoms with E-state index < -0.39 is 9.84 Å². The van der Waals surface area contributed by atoms with E-state index in [1.54, 1.807) is 18.2 Å². The second-order valence-electron chi connectivity index (χ2n) is 7.24. The average molecular weight is 573 g/mol. The summed E-state index contributed by atoms with van der Waals surface area (Å²) < 4.78 is 23.1. The van der Waals surface area contributed by atoms with Gasteiger partial charge < -0.3 is 16.0 Å². The van der Waals surface area contributed by atoms with Crippen LogP contribution in [0.2, 0.25) is 0 Å². The standard InChI is InChI=1S/C23H32N4O3S.HI/c1-4-14-25-22(28)20-8-6-7-19(16-20)17-27-23(24-5-2)26-15-13-18-9-11-21(12-10-18)31(3,29)30;/h6-12,16H,4-5,13-15,17H2,1-3H3,(H,25,28)(H2,24,26,27);1H. The van der Waals surface area contributed by atoms with E-state index in [-0.39, 0.29) is 29.9 Å². The van der Waals surface area contributed by atoms with Gasteiger partial charge in [-0.3, -0.25) is 4.79 Å². The van der Waals surface area contributed by atoms with E-state index in [2.05, 4.69) is 20.9 Å². The number of carbonyl (C=O) groups is 1. The second-order valence-corrected chi connectivity index (χ2v) is 9.26. The van der Waals surface area contributed by atoms with E-state index in [4.69, 9.17) is 0 Å². The molecule has 0 aromatic heterocycles. The molecule has 0 saturated carbocycles. The molecule has 0 aliphatic heterocycles. The lowest BCUT2D eigenvalue weighted by molar-refractivity contribution is 0.0953. The quantitative estimate of drug-likeness (QED) is 0.231. The molecule has 0 heterocycles. The number of hydrogen-bond acceptors (Lipinski definition) is 4. The fraction of sp³-hybridized carbons (Fsp3) is 0.391. The maximum absolute atomic E-state index is 12.1. The number of sulfone groups is 1. The number of rotatable bonds is 10. The Labute approximate surface area is 208 Å². The number of halogens is 1. The SMILES string of the molecule is CCCNC(=O)c1cccc(CN=C(NCC)NCCc2ccc(S(C)(=O)=O)cc2)c1.I. The van der Waals surface area contributed by atoms with Crippen LogP contribution in [0.15, 0.2) is 58.4 Å². The van der Waals surface area contributed by atoms with E-state index in [1.165, 1.54) is 6.26 Å². The van der Waals surface area contributed by atoms with Crippen LogP contribution in [0.4, 0.5) is 0 Å². The average Bonchev–Trinajstić information content (AvgIpc) is 2.75. The van der Waals surface area contributed by atoms with Crippen LogP contribution in [0.3, 0.4) is 0 Å². The van der Waals surface area contributed by atoms with Gasteiger partial charge in [-0.05, 0) is 55.2 Å². The zero-order valence-electron chi connectivity index (χ0n) is 18.8. The van der Waals surface area contributed by atoms with Crippen LogP contribution >= 0.6 is 24.0 Å².